The first-order valence-corrected chi connectivity index (χ1v) is 3.27. The van der Waals surface area contributed by atoms with Crippen LogP contribution in [0.5, 0.6) is 0 Å². The van der Waals surface area contributed by atoms with Crippen molar-refractivity contribution in [2.45, 2.75) is 0 Å². The van der Waals surface area contributed by atoms with Crippen LogP contribution < -0.4 is 0 Å². The summed E-state index contributed by atoms with van der Waals surface area (Å²) < 4.78 is 0. The Morgan fingerprint density at radius 3 is 0.538 bits per heavy atom. The van der Waals surface area contributed by atoms with E-state index >= 15 is 0 Å². The van der Waals surface area contributed by atoms with Crippen molar-refractivity contribution >= 4 is 0 Å². The summed E-state index contributed by atoms with van der Waals surface area (Å²) in [6.07, 6.45) is 6.00. The molecule has 0 atom stereocenters. The Balaban J connectivity index is -0.0000000213. The third kappa shape index (κ3) is 813. The summed E-state index contributed by atoms with van der Waals surface area (Å²) >= 11 is 0. The van der Waals surface area contributed by atoms with Gasteiger partial charge in [0, 0.05) is 17.1 Å². The molecule has 0 bridgehead atoms. The average molecular weight is 219 g/mol. The first-order valence-electron chi connectivity index (χ1n) is 3.27. The van der Waals surface area contributed by atoms with Crippen LogP contribution in [0.25, 0.3) is 0 Å². The van der Waals surface area contributed by atoms with Crippen molar-refractivity contribution in [2.75, 3.05) is 0 Å². The van der Waals surface area contributed by atoms with E-state index in [1.807, 2.05) is 0 Å². The predicted octanol–water partition coefficient (Wildman–Crippen LogP) is 4.02. The van der Waals surface area contributed by atoms with Crippen molar-refractivity contribution in [2.24, 2.45) is 0 Å². The summed E-state index contributed by atoms with van der Waals surface area (Å²) in [4.78, 5) is 0. The summed E-state index contributed by atoms with van der Waals surface area (Å²) in [5, 5.41) is 0. The number of allylic oxidation sites excluding steroid dienone is 4. The van der Waals surface area contributed by atoms with Gasteiger partial charge in [0.1, 0.15) is 0 Å². The van der Waals surface area contributed by atoms with E-state index in [1.165, 1.54) is 24.3 Å². The smallest absolute Gasteiger partial charge is 0 e. The molecule has 0 aromatic heterocycles. The topological polar surface area (TPSA) is 0 Å². The molecule has 0 aliphatic carbocycles. The minimum atomic E-state index is 0. The fourth-order valence-electron chi connectivity index (χ4n) is 0. The van der Waals surface area contributed by atoms with Crippen LogP contribution in [0.15, 0.2) is 50.6 Å². The second kappa shape index (κ2) is 124. The van der Waals surface area contributed by atoms with Gasteiger partial charge in [-0.1, -0.05) is 0 Å². The van der Waals surface area contributed by atoms with Gasteiger partial charge in [0.15, 0.2) is 0 Å². The Bertz CT molecular complexity index is 59.1. The molecule has 13 heavy (non-hydrogen) atoms. The molecule has 0 saturated heterocycles. The van der Waals surface area contributed by atoms with Crippen molar-refractivity contribution < 1.29 is 17.1 Å². The molecular formula is C12H20Mn-4. The van der Waals surface area contributed by atoms with Gasteiger partial charge in [-0.2, -0.15) is 0 Å². The minimum Gasteiger partial charge on any atom is -0.245 e. The van der Waals surface area contributed by atoms with Crippen LogP contribution in [0.3, 0.4) is 0 Å². The van der Waals surface area contributed by atoms with Crippen LogP contribution in [0, 0.1) is 27.7 Å². The zero-order valence-corrected chi connectivity index (χ0v) is 9.52. The van der Waals surface area contributed by atoms with Gasteiger partial charge in [-0.3, -0.25) is 0 Å². The molecule has 0 aromatic carbocycles. The van der Waals surface area contributed by atoms with Gasteiger partial charge in [-0.25, -0.2) is 78.3 Å². The fraction of sp³-hybridized carbons (Fsp3) is 0. The quantitative estimate of drug-likeness (QED) is 0.426. The van der Waals surface area contributed by atoms with E-state index < -0.39 is 0 Å². The molecule has 0 heterocycles. The molecule has 0 aromatic rings. The SMILES string of the molecule is C=C[CH2-].C=C[CH2-].C=C[CH2-].C=C[CH2-].[Mn]. The average Bonchev–Trinajstić information content (AvgIpc) is 1.92. The van der Waals surface area contributed by atoms with Gasteiger partial charge in [-0.15, -0.1) is 0 Å². The Morgan fingerprint density at radius 2 is 0.538 bits per heavy atom. The van der Waals surface area contributed by atoms with E-state index in [0.717, 1.165) is 0 Å². The summed E-state index contributed by atoms with van der Waals surface area (Å²) in [7, 11) is 0. The molecule has 0 aliphatic heterocycles. The first kappa shape index (κ1) is 29.7. The van der Waals surface area contributed by atoms with Crippen LogP contribution in [-0.2, 0) is 17.1 Å². The van der Waals surface area contributed by atoms with E-state index in [1.54, 1.807) is 0 Å². The van der Waals surface area contributed by atoms with Gasteiger partial charge in [0.2, 0.25) is 0 Å². The molecular weight excluding hydrogens is 199 g/mol. The standard InChI is InChI=1S/4C3H5.Mn/c4*1-3-2;/h4*3H,1-2H2;/q4*-1;. The van der Waals surface area contributed by atoms with Crippen molar-refractivity contribution in [1.29, 1.82) is 0 Å². The maximum Gasteiger partial charge on any atom is 0 e. The minimum absolute atomic E-state index is 0. The van der Waals surface area contributed by atoms with E-state index in [2.05, 4.69) is 54.0 Å². The number of hydrogen-bond donors (Lipinski definition) is 0. The van der Waals surface area contributed by atoms with Gasteiger partial charge >= 0.3 is 0 Å². The van der Waals surface area contributed by atoms with Gasteiger partial charge in [-0.05, 0) is 0 Å². The van der Waals surface area contributed by atoms with Gasteiger partial charge in [0.05, 0.1) is 0 Å². The summed E-state index contributed by atoms with van der Waals surface area (Å²) in [6.45, 7) is 26.0. The summed E-state index contributed by atoms with van der Waals surface area (Å²) in [5.74, 6) is 0. The molecule has 79 valence electrons. The molecule has 1 radical (unpaired) electrons. The van der Waals surface area contributed by atoms with E-state index in [-0.39, 0.29) is 17.1 Å². The molecule has 0 N–H and O–H groups in total. The Morgan fingerprint density at radius 1 is 0.538 bits per heavy atom. The Hall–Kier alpha value is -1.04. The van der Waals surface area contributed by atoms with Gasteiger partial charge in [0.25, 0.3) is 0 Å². The Kier molecular flexibility index (Phi) is 283. The number of hydrogen-bond acceptors (Lipinski definition) is 0. The summed E-state index contributed by atoms with van der Waals surface area (Å²) in [5.41, 5.74) is 0. The molecule has 0 fully saturated rings. The van der Waals surface area contributed by atoms with Crippen LogP contribution in [0.2, 0.25) is 0 Å². The maximum atomic E-state index is 3.25. The number of rotatable bonds is 0. The van der Waals surface area contributed by atoms with Crippen LogP contribution >= 0.6 is 0 Å². The molecule has 0 saturated carbocycles. The molecule has 0 nitrogen and oxygen atoms in total. The van der Waals surface area contributed by atoms with E-state index in [0.29, 0.717) is 0 Å². The normalized spacial score (nSPS) is 3.69. The largest absolute Gasteiger partial charge is 0.245 e. The predicted molar refractivity (Wildman–Crippen MR) is 62.2 cm³/mol. The molecule has 0 aliphatic rings. The van der Waals surface area contributed by atoms with Crippen LogP contribution in [-0.4, -0.2) is 0 Å². The zero-order chi connectivity index (χ0) is 10.8. The van der Waals surface area contributed by atoms with Crippen LogP contribution in [0.4, 0.5) is 0 Å². The van der Waals surface area contributed by atoms with Crippen molar-refractivity contribution in [3.05, 3.63) is 78.3 Å². The third-order valence-electron chi connectivity index (χ3n) is 0. The van der Waals surface area contributed by atoms with Crippen molar-refractivity contribution in [1.82, 2.24) is 0 Å². The third-order valence-corrected chi connectivity index (χ3v) is 0. The molecule has 0 amide bonds. The second-order valence-corrected chi connectivity index (χ2v) is 1.15. The fourth-order valence-corrected chi connectivity index (χ4v) is 0. The second-order valence-electron chi connectivity index (χ2n) is 1.15. The first-order chi connectivity index (χ1) is 5.66. The zero-order valence-electron chi connectivity index (χ0n) is 8.34. The van der Waals surface area contributed by atoms with E-state index in [4.69, 9.17) is 0 Å². The summed E-state index contributed by atoms with van der Waals surface area (Å²) in [6, 6.07) is 0. The maximum absolute atomic E-state index is 3.25. The Labute approximate surface area is 95.6 Å². The molecule has 0 spiro atoms. The molecule has 1 heteroatoms. The van der Waals surface area contributed by atoms with E-state index in [9.17, 15) is 0 Å². The van der Waals surface area contributed by atoms with Gasteiger partial charge < -0.3 is 0 Å². The van der Waals surface area contributed by atoms with Crippen LogP contribution in [0.1, 0.15) is 0 Å². The monoisotopic (exact) mass is 219 g/mol. The van der Waals surface area contributed by atoms with Crippen molar-refractivity contribution in [3.63, 3.8) is 0 Å². The molecule has 0 rings (SSSR count). The molecule has 0 unspecified atom stereocenters. The van der Waals surface area contributed by atoms with Crippen molar-refractivity contribution in [3.8, 4) is 0 Å².